The topological polar surface area (TPSA) is 157 Å². The van der Waals surface area contributed by atoms with Gasteiger partial charge in [0.1, 0.15) is 23.9 Å². The number of hydrazine groups is 1. The Hall–Kier alpha value is -3.96. The highest BCUT2D eigenvalue weighted by Crippen LogP contribution is 2.25. The summed E-state index contributed by atoms with van der Waals surface area (Å²) in [5.74, 6) is -2.32. The Balaban J connectivity index is 1.52. The van der Waals surface area contributed by atoms with Crippen LogP contribution in [-0.4, -0.2) is 70.2 Å². The maximum absolute atomic E-state index is 12.9. The summed E-state index contributed by atoms with van der Waals surface area (Å²) in [6.07, 6.45) is 0.366. The van der Waals surface area contributed by atoms with Gasteiger partial charge in [0.15, 0.2) is 6.61 Å². The number of carboxylic acids is 1. The first kappa shape index (κ1) is 30.6. The molecule has 11 heteroatoms. The van der Waals surface area contributed by atoms with Gasteiger partial charge in [0.05, 0.1) is 6.10 Å². The highest BCUT2D eigenvalue weighted by atomic mass is 16.5. The number of carbonyl (C=O) groups is 4. The van der Waals surface area contributed by atoms with Gasteiger partial charge in [-0.3, -0.25) is 24.2 Å². The fourth-order valence-electron chi connectivity index (χ4n) is 4.34. The van der Waals surface area contributed by atoms with Crippen LogP contribution in [0, 0.1) is 5.92 Å². The number of ether oxygens (including phenoxy) is 1. The Morgan fingerprint density at radius 3 is 2.35 bits per heavy atom. The average molecular weight is 555 g/mol. The quantitative estimate of drug-likeness (QED) is 0.282. The van der Waals surface area contributed by atoms with E-state index >= 15 is 0 Å². The zero-order chi connectivity index (χ0) is 29.4. The molecule has 216 valence electrons. The van der Waals surface area contributed by atoms with Crippen LogP contribution in [0.1, 0.15) is 52.2 Å². The maximum Gasteiger partial charge on any atom is 0.322 e. The molecule has 1 aliphatic heterocycles. The van der Waals surface area contributed by atoms with Gasteiger partial charge in [-0.25, -0.2) is 5.43 Å². The fraction of sp³-hybridized carbons (Fsp3) is 0.448. The van der Waals surface area contributed by atoms with Crippen molar-refractivity contribution in [1.82, 2.24) is 21.1 Å². The molecule has 4 atom stereocenters. The molecule has 2 aromatic carbocycles. The number of rotatable bonds is 11. The van der Waals surface area contributed by atoms with Crippen molar-refractivity contribution < 1.29 is 34.1 Å². The summed E-state index contributed by atoms with van der Waals surface area (Å²) < 4.78 is 5.61. The van der Waals surface area contributed by atoms with Gasteiger partial charge in [-0.15, -0.1) is 0 Å². The summed E-state index contributed by atoms with van der Waals surface area (Å²) in [6.45, 7) is 6.79. The van der Waals surface area contributed by atoms with Gasteiger partial charge < -0.3 is 25.6 Å². The molecule has 0 radical (unpaired) electrons. The molecule has 3 rings (SSSR count). The number of amides is 3. The number of aliphatic carboxylic acids is 1. The minimum absolute atomic E-state index is 0.271. The Kier molecular flexibility index (Phi) is 10.6. The van der Waals surface area contributed by atoms with Crippen LogP contribution in [0.4, 0.5) is 0 Å². The number of carbonyl (C=O) groups excluding carboxylic acids is 3. The third-order valence-corrected chi connectivity index (χ3v) is 6.67. The third kappa shape index (κ3) is 8.27. The first-order valence-electron chi connectivity index (χ1n) is 13.4. The molecule has 0 aromatic heterocycles. The van der Waals surface area contributed by atoms with Crippen LogP contribution in [0.5, 0.6) is 5.75 Å². The van der Waals surface area contributed by atoms with E-state index in [0.717, 1.165) is 16.7 Å². The molecule has 1 unspecified atom stereocenters. The lowest BCUT2D eigenvalue weighted by atomic mass is 10.0. The van der Waals surface area contributed by atoms with E-state index in [0.29, 0.717) is 25.1 Å². The molecule has 5 N–H and O–H groups in total. The van der Waals surface area contributed by atoms with E-state index in [1.54, 1.807) is 32.9 Å². The van der Waals surface area contributed by atoms with Crippen molar-refractivity contribution in [3.05, 3.63) is 54.1 Å². The first-order valence-corrected chi connectivity index (χ1v) is 13.4. The van der Waals surface area contributed by atoms with E-state index < -0.39 is 47.9 Å². The van der Waals surface area contributed by atoms with Gasteiger partial charge in [0, 0.05) is 6.54 Å². The van der Waals surface area contributed by atoms with Crippen molar-refractivity contribution in [2.24, 2.45) is 5.92 Å². The molecule has 1 heterocycles. The van der Waals surface area contributed by atoms with E-state index in [-0.39, 0.29) is 12.5 Å². The lowest BCUT2D eigenvalue weighted by Gasteiger charge is -2.34. The van der Waals surface area contributed by atoms with Gasteiger partial charge in [-0.05, 0) is 67.5 Å². The van der Waals surface area contributed by atoms with Gasteiger partial charge in [0.25, 0.3) is 11.8 Å². The number of nitrogens with one attached hydrogen (secondary N) is 3. The minimum atomic E-state index is -1.04. The van der Waals surface area contributed by atoms with E-state index in [1.807, 2.05) is 36.4 Å². The molecule has 0 spiro atoms. The minimum Gasteiger partial charge on any atom is -0.484 e. The number of hydrogen-bond acceptors (Lipinski definition) is 7. The van der Waals surface area contributed by atoms with Crippen molar-refractivity contribution in [3.8, 4) is 16.9 Å². The summed E-state index contributed by atoms with van der Waals surface area (Å²) >= 11 is 0. The largest absolute Gasteiger partial charge is 0.484 e. The Bertz CT molecular complexity index is 1200. The monoisotopic (exact) mass is 554 g/mol. The predicted molar refractivity (Wildman–Crippen MR) is 148 cm³/mol. The summed E-state index contributed by atoms with van der Waals surface area (Å²) in [5.41, 5.74) is 5.36. The smallest absolute Gasteiger partial charge is 0.322 e. The molecule has 0 saturated carbocycles. The molecule has 0 aliphatic carbocycles. The molecule has 40 heavy (non-hydrogen) atoms. The zero-order valence-electron chi connectivity index (χ0n) is 23.2. The molecule has 11 nitrogen and oxygen atoms in total. The van der Waals surface area contributed by atoms with E-state index in [2.05, 4.69) is 16.1 Å². The van der Waals surface area contributed by atoms with E-state index in [1.165, 1.54) is 11.9 Å². The van der Waals surface area contributed by atoms with Crippen molar-refractivity contribution >= 4 is 23.7 Å². The summed E-state index contributed by atoms with van der Waals surface area (Å²) in [5, 5.41) is 25.5. The normalized spacial score (nSPS) is 17.4. The molecule has 3 amide bonds. The van der Waals surface area contributed by atoms with Crippen molar-refractivity contribution in [2.45, 2.75) is 64.8 Å². The molecule has 2 aromatic rings. The van der Waals surface area contributed by atoms with E-state index in [4.69, 9.17) is 4.74 Å². The highest BCUT2D eigenvalue weighted by Gasteiger charge is 2.32. The van der Waals surface area contributed by atoms with Crippen LogP contribution < -0.4 is 20.8 Å². The number of aliphatic hydroxyl groups is 1. The molecule has 1 saturated heterocycles. The SMILES string of the molecule is CC(C)[C@H](NC(=O)COc1ccc(-c2cccc([C@@H](C)O)c2)cc1)C(=O)N[C@@H](C)C(=O)N1CCCC(C(=O)O)N1. The average Bonchev–Trinajstić information content (AvgIpc) is 2.94. The van der Waals surface area contributed by atoms with E-state index in [9.17, 15) is 29.4 Å². The predicted octanol–water partition coefficient (Wildman–Crippen LogP) is 2.01. The van der Waals surface area contributed by atoms with Crippen LogP contribution >= 0.6 is 0 Å². The van der Waals surface area contributed by atoms with Crippen molar-refractivity contribution in [1.29, 1.82) is 0 Å². The molecule has 1 aliphatic rings. The van der Waals surface area contributed by atoms with Gasteiger partial charge in [0.2, 0.25) is 5.91 Å². The standard InChI is InChI=1S/C29H38N4O7/c1-17(2)26(27(36)30-18(3)28(37)33-14-6-9-24(32-33)29(38)39)31-25(35)16-40-23-12-10-20(11-13-23)22-8-5-7-21(15-22)19(4)34/h5,7-8,10-13,15,17-19,24,26,32,34H,6,9,14,16H2,1-4H3,(H,30,36)(H,31,35)(H,38,39)/t18-,19+,24?,26-/m0/s1. The first-order chi connectivity index (χ1) is 19.0. The zero-order valence-corrected chi connectivity index (χ0v) is 23.2. The number of nitrogens with zero attached hydrogens (tertiary/aromatic N) is 1. The second kappa shape index (κ2) is 13.9. The molecule has 1 fully saturated rings. The highest BCUT2D eigenvalue weighted by molar-refractivity contribution is 5.92. The second-order valence-electron chi connectivity index (χ2n) is 10.3. The number of aliphatic hydroxyl groups excluding tert-OH is 1. The van der Waals surface area contributed by atoms with Gasteiger partial charge in [-0.1, -0.05) is 44.2 Å². The van der Waals surface area contributed by atoms with Crippen LogP contribution in [0.3, 0.4) is 0 Å². The third-order valence-electron chi connectivity index (χ3n) is 6.67. The maximum atomic E-state index is 12.9. The summed E-state index contributed by atoms with van der Waals surface area (Å²) in [7, 11) is 0. The molecule has 0 bridgehead atoms. The van der Waals surface area contributed by atoms with Crippen LogP contribution in [0.15, 0.2) is 48.5 Å². The Labute approximate surface area is 233 Å². The fourth-order valence-corrected chi connectivity index (χ4v) is 4.34. The number of benzene rings is 2. The Morgan fingerprint density at radius 2 is 1.73 bits per heavy atom. The van der Waals surface area contributed by atoms with Crippen LogP contribution in [0.2, 0.25) is 0 Å². The summed E-state index contributed by atoms with van der Waals surface area (Å²) in [4.78, 5) is 49.6. The second-order valence-corrected chi connectivity index (χ2v) is 10.3. The number of carboxylic acid groups (broad SMARTS) is 1. The molecular weight excluding hydrogens is 516 g/mol. The lowest BCUT2D eigenvalue weighted by Crippen LogP contribution is -2.60. The van der Waals surface area contributed by atoms with Crippen molar-refractivity contribution in [2.75, 3.05) is 13.2 Å². The van der Waals surface area contributed by atoms with Gasteiger partial charge >= 0.3 is 5.97 Å². The lowest BCUT2D eigenvalue weighted by molar-refractivity contribution is -0.148. The molecular formula is C29H38N4O7. The van der Waals surface area contributed by atoms with Gasteiger partial charge in [-0.2, -0.15) is 0 Å². The van der Waals surface area contributed by atoms with Crippen LogP contribution in [0.25, 0.3) is 11.1 Å². The Morgan fingerprint density at radius 1 is 1.02 bits per heavy atom. The van der Waals surface area contributed by atoms with Crippen molar-refractivity contribution in [3.63, 3.8) is 0 Å². The summed E-state index contributed by atoms with van der Waals surface area (Å²) in [6, 6.07) is 12.1. The van der Waals surface area contributed by atoms with Crippen LogP contribution in [-0.2, 0) is 19.2 Å². The number of hydrogen-bond donors (Lipinski definition) is 5.